The van der Waals surface area contributed by atoms with Crippen molar-refractivity contribution in [2.75, 3.05) is 13.7 Å². The van der Waals surface area contributed by atoms with E-state index in [-0.39, 0.29) is 5.41 Å². The number of aromatic nitrogens is 2. The molecule has 4 nitrogen and oxygen atoms in total. The van der Waals surface area contributed by atoms with Gasteiger partial charge in [-0.3, -0.25) is 0 Å². The van der Waals surface area contributed by atoms with Gasteiger partial charge in [0.15, 0.2) is 0 Å². The second kappa shape index (κ2) is 5.96. The Morgan fingerprint density at radius 3 is 2.29 bits per heavy atom. The Kier molecular flexibility index (Phi) is 4.87. The molecule has 0 aliphatic rings. The second-order valence-electron chi connectivity index (χ2n) is 5.38. The Morgan fingerprint density at radius 2 is 1.88 bits per heavy atom. The Morgan fingerprint density at radius 1 is 1.29 bits per heavy atom. The van der Waals surface area contributed by atoms with E-state index in [1.54, 1.807) is 7.11 Å². The van der Waals surface area contributed by atoms with E-state index >= 15 is 0 Å². The van der Waals surface area contributed by atoms with Crippen LogP contribution in [0.5, 0.6) is 6.01 Å². The minimum absolute atomic E-state index is 0.271. The molecule has 0 radical (unpaired) electrons. The van der Waals surface area contributed by atoms with Crippen LogP contribution in [-0.4, -0.2) is 23.6 Å². The van der Waals surface area contributed by atoms with Crippen LogP contribution in [0.4, 0.5) is 0 Å². The summed E-state index contributed by atoms with van der Waals surface area (Å²) >= 11 is 0. The van der Waals surface area contributed by atoms with Crippen LogP contribution in [0.1, 0.15) is 45.7 Å². The Labute approximate surface area is 104 Å². The molecule has 0 saturated carbocycles. The van der Waals surface area contributed by atoms with Crippen LogP contribution >= 0.6 is 0 Å². The molecule has 0 spiro atoms. The maximum absolute atomic E-state index is 4.97. The van der Waals surface area contributed by atoms with E-state index in [1.165, 1.54) is 0 Å². The lowest BCUT2D eigenvalue weighted by molar-refractivity contribution is 0.312. The first kappa shape index (κ1) is 13.9. The number of methoxy groups -OCH3 is 1. The normalized spacial score (nSPS) is 13.5. The van der Waals surface area contributed by atoms with E-state index in [4.69, 9.17) is 4.74 Å². The summed E-state index contributed by atoms with van der Waals surface area (Å²) in [6.45, 7) is 9.76. The van der Waals surface area contributed by atoms with Crippen molar-refractivity contribution in [2.45, 2.75) is 40.2 Å². The van der Waals surface area contributed by atoms with E-state index in [9.17, 15) is 0 Å². The van der Waals surface area contributed by atoms with Gasteiger partial charge in [-0.2, -0.15) is 0 Å². The lowest BCUT2D eigenvalue weighted by Gasteiger charge is -2.26. The molecule has 1 atom stereocenters. The number of rotatable bonds is 5. The van der Waals surface area contributed by atoms with Gasteiger partial charge in [0.25, 0.3) is 0 Å². The molecule has 1 aromatic rings. The van der Waals surface area contributed by atoms with Crippen molar-refractivity contribution in [3.63, 3.8) is 0 Å². The highest BCUT2D eigenvalue weighted by Gasteiger charge is 2.20. The zero-order valence-corrected chi connectivity index (χ0v) is 11.4. The Bertz CT molecular complexity index is 330. The third-order valence-electron chi connectivity index (χ3n) is 2.50. The highest BCUT2D eigenvalue weighted by molar-refractivity contribution is 5.13. The largest absolute Gasteiger partial charge is 0.467 e. The van der Waals surface area contributed by atoms with Gasteiger partial charge in [-0.05, 0) is 18.4 Å². The molecular formula is C13H23N3O. The number of hydrogen-bond acceptors (Lipinski definition) is 4. The van der Waals surface area contributed by atoms with Crippen LogP contribution in [0.3, 0.4) is 0 Å². The van der Waals surface area contributed by atoms with Crippen LogP contribution in [0.15, 0.2) is 12.4 Å². The van der Waals surface area contributed by atoms with Crippen molar-refractivity contribution in [3.8, 4) is 6.01 Å². The SMILES string of the molecule is CCNC(CC(C)(C)C)c1cnc(OC)nc1. The minimum Gasteiger partial charge on any atom is -0.467 e. The number of ether oxygens (including phenoxy) is 1. The van der Waals surface area contributed by atoms with Crippen molar-refractivity contribution in [1.82, 2.24) is 15.3 Å². The van der Waals surface area contributed by atoms with Crippen molar-refractivity contribution >= 4 is 0 Å². The first-order valence-electron chi connectivity index (χ1n) is 6.05. The summed E-state index contributed by atoms with van der Waals surface area (Å²) in [4.78, 5) is 8.31. The van der Waals surface area contributed by atoms with Gasteiger partial charge in [-0.1, -0.05) is 27.7 Å². The predicted octanol–water partition coefficient (Wildman–Crippen LogP) is 2.57. The summed E-state index contributed by atoms with van der Waals surface area (Å²) in [5.41, 5.74) is 1.38. The summed E-state index contributed by atoms with van der Waals surface area (Å²) < 4.78 is 4.97. The molecule has 96 valence electrons. The van der Waals surface area contributed by atoms with E-state index < -0.39 is 0 Å². The summed E-state index contributed by atoms with van der Waals surface area (Å²) in [6, 6.07) is 0.714. The quantitative estimate of drug-likeness (QED) is 0.855. The third kappa shape index (κ3) is 4.69. The summed E-state index contributed by atoms with van der Waals surface area (Å²) in [5, 5.41) is 3.47. The molecule has 17 heavy (non-hydrogen) atoms. The first-order valence-corrected chi connectivity index (χ1v) is 6.05. The highest BCUT2D eigenvalue weighted by Crippen LogP contribution is 2.28. The van der Waals surface area contributed by atoms with Gasteiger partial charge in [-0.15, -0.1) is 0 Å². The summed E-state index contributed by atoms with van der Waals surface area (Å²) in [6.07, 6.45) is 4.73. The maximum Gasteiger partial charge on any atom is 0.316 e. The molecule has 0 amide bonds. The molecule has 0 fully saturated rings. The van der Waals surface area contributed by atoms with Crippen LogP contribution in [0.2, 0.25) is 0 Å². The Balaban J connectivity index is 2.81. The number of nitrogens with one attached hydrogen (secondary N) is 1. The fourth-order valence-electron chi connectivity index (χ4n) is 1.78. The third-order valence-corrected chi connectivity index (χ3v) is 2.50. The molecule has 4 heteroatoms. The molecule has 1 unspecified atom stereocenters. The molecule has 1 N–H and O–H groups in total. The zero-order chi connectivity index (χ0) is 12.9. The van der Waals surface area contributed by atoms with Gasteiger partial charge in [0, 0.05) is 24.0 Å². The lowest BCUT2D eigenvalue weighted by atomic mass is 9.86. The standard InChI is InChI=1S/C13H23N3O/c1-6-14-11(7-13(2,3)4)10-8-15-12(17-5)16-9-10/h8-9,11,14H,6-7H2,1-5H3. The average Bonchev–Trinajstić information content (AvgIpc) is 2.27. The lowest BCUT2D eigenvalue weighted by Crippen LogP contribution is -2.25. The average molecular weight is 237 g/mol. The molecular weight excluding hydrogens is 214 g/mol. The maximum atomic E-state index is 4.97. The fraction of sp³-hybridized carbons (Fsp3) is 0.692. The van der Waals surface area contributed by atoms with Crippen LogP contribution < -0.4 is 10.1 Å². The number of hydrogen-bond donors (Lipinski definition) is 1. The molecule has 1 rings (SSSR count). The van der Waals surface area contributed by atoms with Gasteiger partial charge in [0.2, 0.25) is 0 Å². The summed E-state index contributed by atoms with van der Waals surface area (Å²) in [5.74, 6) is 0. The van der Waals surface area contributed by atoms with Gasteiger partial charge >= 0.3 is 6.01 Å². The summed E-state index contributed by atoms with van der Waals surface area (Å²) in [7, 11) is 1.58. The molecule has 0 aliphatic carbocycles. The second-order valence-corrected chi connectivity index (χ2v) is 5.38. The predicted molar refractivity (Wildman–Crippen MR) is 69.1 cm³/mol. The van der Waals surface area contributed by atoms with Gasteiger partial charge in [0.05, 0.1) is 7.11 Å². The van der Waals surface area contributed by atoms with Crippen LogP contribution in [-0.2, 0) is 0 Å². The zero-order valence-electron chi connectivity index (χ0n) is 11.4. The van der Waals surface area contributed by atoms with Crippen molar-refractivity contribution in [3.05, 3.63) is 18.0 Å². The van der Waals surface area contributed by atoms with E-state index in [1.807, 2.05) is 12.4 Å². The Hall–Kier alpha value is -1.16. The first-order chi connectivity index (χ1) is 7.96. The molecule has 0 bridgehead atoms. The smallest absolute Gasteiger partial charge is 0.316 e. The van der Waals surface area contributed by atoms with Gasteiger partial charge < -0.3 is 10.1 Å². The van der Waals surface area contributed by atoms with Crippen molar-refractivity contribution < 1.29 is 4.74 Å². The van der Waals surface area contributed by atoms with E-state index in [0.29, 0.717) is 12.1 Å². The minimum atomic E-state index is 0.271. The molecule has 0 aliphatic heterocycles. The van der Waals surface area contributed by atoms with Crippen molar-refractivity contribution in [1.29, 1.82) is 0 Å². The molecule has 1 aromatic heterocycles. The molecule has 1 heterocycles. The van der Waals surface area contributed by atoms with Gasteiger partial charge in [-0.25, -0.2) is 9.97 Å². The fourth-order valence-corrected chi connectivity index (χ4v) is 1.78. The van der Waals surface area contributed by atoms with Crippen LogP contribution in [0.25, 0.3) is 0 Å². The highest BCUT2D eigenvalue weighted by atomic mass is 16.5. The van der Waals surface area contributed by atoms with Crippen molar-refractivity contribution in [2.24, 2.45) is 5.41 Å². The molecule has 0 saturated heterocycles. The topological polar surface area (TPSA) is 47.0 Å². The van der Waals surface area contributed by atoms with Gasteiger partial charge in [0.1, 0.15) is 0 Å². The van der Waals surface area contributed by atoms with E-state index in [0.717, 1.165) is 18.5 Å². The number of nitrogens with zero attached hydrogens (tertiary/aromatic N) is 2. The van der Waals surface area contributed by atoms with E-state index in [2.05, 4.69) is 43.0 Å². The molecule has 0 aromatic carbocycles. The monoisotopic (exact) mass is 237 g/mol. The van der Waals surface area contributed by atoms with Crippen LogP contribution in [0, 0.1) is 5.41 Å².